The molecule has 0 unspecified atom stereocenters. The summed E-state index contributed by atoms with van der Waals surface area (Å²) in [5.74, 6) is -0.800. The van der Waals surface area contributed by atoms with Crippen LogP contribution in [0, 0.1) is 10.5 Å². The number of rotatable bonds is 5. The predicted molar refractivity (Wildman–Crippen MR) is 140 cm³/mol. The molecule has 0 bridgehead atoms. The average Bonchev–Trinajstić information content (AvgIpc) is 2.79. The third kappa shape index (κ3) is 5.27. The lowest BCUT2D eigenvalue weighted by Gasteiger charge is -2.26. The monoisotopic (exact) mass is 606 g/mol. The first-order chi connectivity index (χ1) is 16.2. The van der Waals surface area contributed by atoms with Crippen LogP contribution in [0.3, 0.4) is 0 Å². The number of nitrogens with one attached hydrogen (secondary N) is 1. The number of halogens is 3. The standard InChI is InChI=1S/C25H17Cl2IN2O4/c1-14-2-6-17(7-3-14)30-24(32)18(23(31)29-25(30)33)10-15-5-9-22(21(28)12-15)34-13-16-4-8-19(26)20(27)11-16/h2-12H,13H2,1H3,(H,29,31,33)/b18-10+. The van der Waals surface area contributed by atoms with Crippen molar-refractivity contribution in [2.24, 2.45) is 0 Å². The SMILES string of the molecule is Cc1ccc(N2C(=O)NC(=O)/C(=C\c3ccc(OCc4ccc(Cl)c(Cl)c4)c(I)c3)C2=O)cc1. The number of imide groups is 2. The third-order valence-electron chi connectivity index (χ3n) is 5.04. The van der Waals surface area contributed by atoms with Crippen LogP contribution in [0.4, 0.5) is 10.5 Å². The Morgan fingerprint density at radius 2 is 1.71 bits per heavy atom. The van der Waals surface area contributed by atoms with E-state index >= 15 is 0 Å². The van der Waals surface area contributed by atoms with Crippen molar-refractivity contribution in [3.05, 3.63) is 96.5 Å². The van der Waals surface area contributed by atoms with E-state index in [1.54, 1.807) is 54.6 Å². The highest BCUT2D eigenvalue weighted by Crippen LogP contribution is 2.28. The molecule has 3 aromatic carbocycles. The van der Waals surface area contributed by atoms with E-state index in [0.717, 1.165) is 19.6 Å². The lowest BCUT2D eigenvalue weighted by atomic mass is 10.1. The normalized spacial score (nSPS) is 15.0. The van der Waals surface area contributed by atoms with E-state index in [4.69, 9.17) is 27.9 Å². The fraction of sp³-hybridized carbons (Fsp3) is 0.0800. The summed E-state index contributed by atoms with van der Waals surface area (Å²) in [7, 11) is 0. The quantitative estimate of drug-likeness (QED) is 0.215. The zero-order chi connectivity index (χ0) is 24.4. The van der Waals surface area contributed by atoms with E-state index < -0.39 is 17.8 Å². The van der Waals surface area contributed by atoms with Gasteiger partial charge in [-0.1, -0.05) is 53.0 Å². The van der Waals surface area contributed by atoms with Crippen molar-refractivity contribution in [2.45, 2.75) is 13.5 Å². The van der Waals surface area contributed by atoms with E-state index in [-0.39, 0.29) is 5.57 Å². The Morgan fingerprint density at radius 3 is 2.38 bits per heavy atom. The number of amides is 4. The second-order valence-electron chi connectivity index (χ2n) is 7.52. The third-order valence-corrected chi connectivity index (χ3v) is 6.62. The molecule has 1 N–H and O–H groups in total. The van der Waals surface area contributed by atoms with Crippen molar-refractivity contribution in [1.29, 1.82) is 0 Å². The topological polar surface area (TPSA) is 75.7 Å². The molecule has 0 saturated carbocycles. The van der Waals surface area contributed by atoms with Crippen molar-refractivity contribution >= 4 is 75.4 Å². The van der Waals surface area contributed by atoms with Crippen molar-refractivity contribution in [3.63, 3.8) is 0 Å². The molecular weight excluding hydrogens is 590 g/mol. The molecule has 3 aromatic rings. The maximum Gasteiger partial charge on any atom is 0.335 e. The van der Waals surface area contributed by atoms with Crippen LogP contribution in [-0.2, 0) is 16.2 Å². The average molecular weight is 607 g/mol. The minimum Gasteiger partial charge on any atom is -0.488 e. The molecule has 172 valence electrons. The van der Waals surface area contributed by atoms with Crippen LogP contribution in [0.2, 0.25) is 10.0 Å². The number of hydrogen-bond donors (Lipinski definition) is 1. The summed E-state index contributed by atoms with van der Waals surface area (Å²) in [5.41, 5.74) is 2.70. The molecular formula is C25H17Cl2IN2O4. The summed E-state index contributed by atoms with van der Waals surface area (Å²) in [5, 5.41) is 3.15. The van der Waals surface area contributed by atoms with E-state index in [0.29, 0.717) is 33.7 Å². The number of hydrogen-bond acceptors (Lipinski definition) is 4. The maximum absolute atomic E-state index is 13.0. The fourth-order valence-corrected chi connectivity index (χ4v) is 4.28. The Labute approximate surface area is 219 Å². The van der Waals surface area contributed by atoms with E-state index in [2.05, 4.69) is 27.9 Å². The predicted octanol–water partition coefficient (Wildman–Crippen LogP) is 6.15. The lowest BCUT2D eigenvalue weighted by Crippen LogP contribution is -2.54. The van der Waals surface area contributed by atoms with Gasteiger partial charge in [0.2, 0.25) is 0 Å². The van der Waals surface area contributed by atoms with Crippen LogP contribution in [0.15, 0.2) is 66.2 Å². The molecule has 1 saturated heterocycles. The molecule has 0 atom stereocenters. The van der Waals surface area contributed by atoms with Gasteiger partial charge in [-0.3, -0.25) is 14.9 Å². The van der Waals surface area contributed by atoms with Crippen LogP contribution in [0.25, 0.3) is 6.08 Å². The van der Waals surface area contributed by atoms with Crippen LogP contribution < -0.4 is 15.0 Å². The highest BCUT2D eigenvalue weighted by Gasteiger charge is 2.36. The summed E-state index contributed by atoms with van der Waals surface area (Å²) in [6.45, 7) is 2.19. The van der Waals surface area contributed by atoms with Crippen LogP contribution >= 0.6 is 45.8 Å². The van der Waals surface area contributed by atoms with Crippen LogP contribution in [0.5, 0.6) is 5.75 Å². The number of ether oxygens (including phenoxy) is 1. The molecule has 0 spiro atoms. The largest absolute Gasteiger partial charge is 0.488 e. The number of carbonyl (C=O) groups is 3. The zero-order valence-electron chi connectivity index (χ0n) is 17.8. The number of benzene rings is 3. The first kappa shape index (κ1) is 24.3. The Morgan fingerprint density at radius 1 is 0.971 bits per heavy atom. The number of anilines is 1. The summed E-state index contributed by atoms with van der Waals surface area (Å²) in [4.78, 5) is 38.7. The molecule has 6 nitrogen and oxygen atoms in total. The van der Waals surface area contributed by atoms with Crippen LogP contribution in [0.1, 0.15) is 16.7 Å². The molecule has 34 heavy (non-hydrogen) atoms. The first-order valence-electron chi connectivity index (χ1n) is 10.1. The highest BCUT2D eigenvalue weighted by molar-refractivity contribution is 14.1. The summed E-state index contributed by atoms with van der Waals surface area (Å²) in [6, 6.07) is 16.6. The summed E-state index contributed by atoms with van der Waals surface area (Å²) < 4.78 is 6.65. The molecule has 4 amide bonds. The molecule has 0 aromatic heterocycles. The smallest absolute Gasteiger partial charge is 0.335 e. The number of aryl methyl sites for hydroxylation is 1. The lowest BCUT2D eigenvalue weighted by molar-refractivity contribution is -0.122. The highest BCUT2D eigenvalue weighted by atomic mass is 127. The molecule has 1 aliphatic heterocycles. The minimum atomic E-state index is -0.781. The van der Waals surface area contributed by atoms with Gasteiger partial charge in [0.05, 0.1) is 19.3 Å². The molecule has 1 fully saturated rings. The molecule has 1 heterocycles. The van der Waals surface area contributed by atoms with Crippen molar-refractivity contribution in [1.82, 2.24) is 5.32 Å². The van der Waals surface area contributed by atoms with Gasteiger partial charge in [0.25, 0.3) is 11.8 Å². The zero-order valence-corrected chi connectivity index (χ0v) is 21.4. The van der Waals surface area contributed by atoms with Gasteiger partial charge in [-0.15, -0.1) is 0 Å². The molecule has 9 heteroatoms. The summed E-state index contributed by atoms with van der Waals surface area (Å²) in [6.07, 6.45) is 1.45. The van der Waals surface area contributed by atoms with Crippen LogP contribution in [-0.4, -0.2) is 17.8 Å². The number of nitrogens with zero attached hydrogens (tertiary/aromatic N) is 1. The van der Waals surface area contributed by atoms with Gasteiger partial charge in [0, 0.05) is 0 Å². The Hall–Kier alpha value is -2.88. The second-order valence-corrected chi connectivity index (χ2v) is 9.50. The first-order valence-corrected chi connectivity index (χ1v) is 11.9. The molecule has 4 rings (SSSR count). The number of urea groups is 1. The maximum atomic E-state index is 13.0. The van der Waals surface area contributed by atoms with Gasteiger partial charge in [-0.2, -0.15) is 0 Å². The Kier molecular flexibility index (Phi) is 7.25. The van der Waals surface area contributed by atoms with E-state index in [9.17, 15) is 14.4 Å². The van der Waals surface area contributed by atoms with E-state index in [1.807, 2.05) is 13.0 Å². The van der Waals surface area contributed by atoms with Gasteiger partial charge < -0.3 is 4.74 Å². The Balaban J connectivity index is 1.55. The van der Waals surface area contributed by atoms with Gasteiger partial charge in [0.15, 0.2) is 0 Å². The number of carbonyl (C=O) groups excluding carboxylic acids is 3. The molecule has 0 aliphatic carbocycles. The fourth-order valence-electron chi connectivity index (χ4n) is 3.27. The Bertz CT molecular complexity index is 1340. The van der Waals surface area contributed by atoms with Gasteiger partial charge in [0.1, 0.15) is 17.9 Å². The van der Waals surface area contributed by atoms with Gasteiger partial charge in [-0.25, -0.2) is 9.69 Å². The van der Waals surface area contributed by atoms with Crippen molar-refractivity contribution in [2.75, 3.05) is 4.90 Å². The van der Waals surface area contributed by atoms with Gasteiger partial charge >= 0.3 is 6.03 Å². The minimum absolute atomic E-state index is 0.138. The van der Waals surface area contributed by atoms with Crippen molar-refractivity contribution < 1.29 is 19.1 Å². The second kappa shape index (κ2) is 10.2. The summed E-state index contributed by atoms with van der Waals surface area (Å²) >= 11 is 14.1. The van der Waals surface area contributed by atoms with Gasteiger partial charge in [-0.05, 0) is 83.1 Å². The number of barbiturate groups is 1. The molecule has 1 aliphatic rings. The molecule has 0 radical (unpaired) electrons. The van der Waals surface area contributed by atoms with E-state index in [1.165, 1.54) is 6.08 Å². The van der Waals surface area contributed by atoms with Crippen molar-refractivity contribution in [3.8, 4) is 5.75 Å².